The molecule has 2 aromatic carbocycles. The van der Waals surface area contributed by atoms with Crippen molar-refractivity contribution in [1.82, 2.24) is 10.2 Å². The van der Waals surface area contributed by atoms with Gasteiger partial charge in [0.25, 0.3) is 0 Å². The Morgan fingerprint density at radius 1 is 1.00 bits per heavy atom. The zero-order valence-corrected chi connectivity index (χ0v) is 22.6. The molecule has 0 aliphatic rings. The minimum atomic E-state index is -0.600. The molecular formula is C28H39ClN2O4. The number of nitrogens with one attached hydrogen (secondary N) is 1. The molecule has 1 atom stereocenters. The third-order valence-corrected chi connectivity index (χ3v) is 5.79. The van der Waals surface area contributed by atoms with Crippen molar-refractivity contribution >= 4 is 23.4 Å². The fourth-order valence-corrected chi connectivity index (χ4v) is 4.02. The molecule has 1 N–H and O–H groups in total. The van der Waals surface area contributed by atoms with Crippen molar-refractivity contribution in [1.29, 1.82) is 0 Å². The molecule has 6 nitrogen and oxygen atoms in total. The van der Waals surface area contributed by atoms with Crippen LogP contribution in [0.2, 0.25) is 5.02 Å². The lowest BCUT2D eigenvalue weighted by Crippen LogP contribution is -2.53. The Morgan fingerprint density at radius 2 is 1.66 bits per heavy atom. The minimum Gasteiger partial charge on any atom is -0.490 e. The Bertz CT molecular complexity index is 987. The van der Waals surface area contributed by atoms with E-state index >= 15 is 0 Å². The molecule has 0 unspecified atom stereocenters. The summed E-state index contributed by atoms with van der Waals surface area (Å²) in [7, 11) is 0. The number of aryl methyl sites for hydroxylation is 1. The fraction of sp³-hybridized carbons (Fsp3) is 0.500. The van der Waals surface area contributed by atoms with Crippen LogP contribution >= 0.6 is 11.6 Å². The van der Waals surface area contributed by atoms with E-state index in [2.05, 4.69) is 5.32 Å². The van der Waals surface area contributed by atoms with Gasteiger partial charge in [-0.2, -0.15) is 0 Å². The quantitative estimate of drug-likeness (QED) is 0.398. The predicted octanol–water partition coefficient (Wildman–Crippen LogP) is 5.79. The van der Waals surface area contributed by atoms with Crippen LogP contribution in [0.4, 0.5) is 0 Å². The first-order chi connectivity index (χ1) is 16.6. The summed E-state index contributed by atoms with van der Waals surface area (Å²) in [5.74, 6) is 1.09. The lowest BCUT2D eigenvalue weighted by atomic mass is 10.0. The summed E-state index contributed by atoms with van der Waals surface area (Å²) in [5, 5.41) is 3.60. The average molecular weight is 503 g/mol. The van der Waals surface area contributed by atoms with Crippen LogP contribution in [0.25, 0.3) is 0 Å². The van der Waals surface area contributed by atoms with Gasteiger partial charge < -0.3 is 19.7 Å². The summed E-state index contributed by atoms with van der Waals surface area (Å²) < 4.78 is 11.4. The molecule has 2 amide bonds. The number of nitrogens with zero attached hydrogens (tertiary/aromatic N) is 1. The van der Waals surface area contributed by atoms with Crippen LogP contribution in [0.15, 0.2) is 42.5 Å². The molecule has 0 bridgehead atoms. The number of rotatable bonds is 12. The van der Waals surface area contributed by atoms with Crippen LogP contribution in [0, 0.1) is 0 Å². The molecule has 0 radical (unpaired) electrons. The molecule has 0 fully saturated rings. The Morgan fingerprint density at radius 3 is 2.26 bits per heavy atom. The third kappa shape index (κ3) is 8.77. The number of ether oxygens (including phenoxy) is 2. The summed E-state index contributed by atoms with van der Waals surface area (Å²) >= 11 is 6.40. The number of benzene rings is 2. The summed E-state index contributed by atoms with van der Waals surface area (Å²) in [4.78, 5) is 28.3. The molecule has 0 aliphatic carbocycles. The van der Waals surface area contributed by atoms with E-state index in [0.717, 1.165) is 11.1 Å². The van der Waals surface area contributed by atoms with E-state index in [1.54, 1.807) is 11.0 Å². The molecule has 7 heteroatoms. The first-order valence-electron chi connectivity index (χ1n) is 12.3. The Hall–Kier alpha value is -2.73. The highest BCUT2D eigenvalue weighted by atomic mass is 35.5. The first-order valence-corrected chi connectivity index (χ1v) is 12.7. The van der Waals surface area contributed by atoms with E-state index in [9.17, 15) is 9.59 Å². The van der Waals surface area contributed by atoms with E-state index in [4.69, 9.17) is 21.1 Å². The number of halogens is 1. The second-order valence-electron chi connectivity index (χ2n) is 9.42. The van der Waals surface area contributed by atoms with Gasteiger partial charge in [-0.1, -0.05) is 42.8 Å². The van der Waals surface area contributed by atoms with Crippen molar-refractivity contribution in [2.45, 2.75) is 78.9 Å². The maximum atomic E-state index is 13.5. The van der Waals surface area contributed by atoms with Crippen LogP contribution in [-0.2, 0) is 22.6 Å². The zero-order chi connectivity index (χ0) is 26.0. The SMILES string of the molecule is CCOc1ccc(CCC(=O)N(Cc2ccccc2Cl)[C@@H](CC)C(=O)NC(C)(C)C)cc1OCC. The van der Waals surface area contributed by atoms with Crippen molar-refractivity contribution in [3.63, 3.8) is 0 Å². The van der Waals surface area contributed by atoms with E-state index in [0.29, 0.717) is 42.6 Å². The summed E-state index contributed by atoms with van der Waals surface area (Å²) in [5.41, 5.74) is 1.38. The maximum absolute atomic E-state index is 13.5. The van der Waals surface area contributed by atoms with Crippen LogP contribution < -0.4 is 14.8 Å². The van der Waals surface area contributed by atoms with Gasteiger partial charge in [0, 0.05) is 23.5 Å². The van der Waals surface area contributed by atoms with Gasteiger partial charge in [0.05, 0.1) is 13.2 Å². The summed E-state index contributed by atoms with van der Waals surface area (Å²) in [6.45, 7) is 12.9. The molecule has 0 saturated carbocycles. The van der Waals surface area contributed by atoms with E-state index in [1.807, 2.05) is 77.9 Å². The number of amides is 2. The largest absolute Gasteiger partial charge is 0.490 e. The highest BCUT2D eigenvalue weighted by Gasteiger charge is 2.30. The molecule has 2 aromatic rings. The average Bonchev–Trinajstić information content (AvgIpc) is 2.79. The van der Waals surface area contributed by atoms with Crippen LogP contribution in [0.1, 0.15) is 65.5 Å². The molecule has 0 spiro atoms. The van der Waals surface area contributed by atoms with E-state index in [1.165, 1.54) is 0 Å². The second-order valence-corrected chi connectivity index (χ2v) is 9.83. The highest BCUT2D eigenvalue weighted by molar-refractivity contribution is 6.31. The Balaban J connectivity index is 2.27. The highest BCUT2D eigenvalue weighted by Crippen LogP contribution is 2.29. The Labute approximate surface area is 214 Å². The van der Waals surface area contributed by atoms with Gasteiger partial charge >= 0.3 is 0 Å². The molecule has 2 rings (SSSR count). The van der Waals surface area contributed by atoms with Crippen LogP contribution in [-0.4, -0.2) is 41.5 Å². The molecule has 0 heterocycles. The van der Waals surface area contributed by atoms with Gasteiger partial charge in [-0.05, 0) is 76.8 Å². The normalized spacial score (nSPS) is 12.1. The smallest absolute Gasteiger partial charge is 0.243 e. The van der Waals surface area contributed by atoms with Gasteiger partial charge in [-0.3, -0.25) is 9.59 Å². The standard InChI is InChI=1S/C28H39ClN2O4/c1-7-23(27(33)30-28(4,5)6)31(19-21-12-10-11-13-22(21)29)26(32)17-15-20-14-16-24(34-8-2)25(18-20)35-9-3/h10-14,16,18,23H,7-9,15,17,19H2,1-6H3,(H,30,33)/t23-/m0/s1. The first kappa shape index (κ1) is 28.5. The second kappa shape index (κ2) is 13.4. The predicted molar refractivity (Wildman–Crippen MR) is 141 cm³/mol. The molecular weight excluding hydrogens is 464 g/mol. The van der Waals surface area contributed by atoms with Crippen molar-refractivity contribution in [3.05, 3.63) is 58.6 Å². The van der Waals surface area contributed by atoms with Gasteiger partial charge in [0.2, 0.25) is 11.8 Å². The van der Waals surface area contributed by atoms with Gasteiger partial charge in [0.15, 0.2) is 11.5 Å². The number of carbonyl (C=O) groups is 2. The van der Waals surface area contributed by atoms with E-state index in [-0.39, 0.29) is 24.8 Å². The number of hydrogen-bond donors (Lipinski definition) is 1. The van der Waals surface area contributed by atoms with Gasteiger partial charge in [-0.15, -0.1) is 0 Å². The molecule has 0 aliphatic heterocycles. The molecule has 192 valence electrons. The zero-order valence-electron chi connectivity index (χ0n) is 21.8. The maximum Gasteiger partial charge on any atom is 0.243 e. The summed E-state index contributed by atoms with van der Waals surface area (Å²) in [6, 6.07) is 12.6. The van der Waals surface area contributed by atoms with Crippen LogP contribution in [0.5, 0.6) is 11.5 Å². The van der Waals surface area contributed by atoms with Crippen molar-refractivity contribution in [3.8, 4) is 11.5 Å². The molecule has 0 aromatic heterocycles. The van der Waals surface area contributed by atoms with Crippen molar-refractivity contribution < 1.29 is 19.1 Å². The van der Waals surface area contributed by atoms with Crippen LogP contribution in [0.3, 0.4) is 0 Å². The molecule has 0 saturated heterocycles. The lowest BCUT2D eigenvalue weighted by Gasteiger charge is -2.33. The minimum absolute atomic E-state index is 0.104. The third-order valence-electron chi connectivity index (χ3n) is 5.42. The van der Waals surface area contributed by atoms with Crippen molar-refractivity contribution in [2.75, 3.05) is 13.2 Å². The summed E-state index contributed by atoms with van der Waals surface area (Å²) in [6.07, 6.45) is 1.26. The lowest BCUT2D eigenvalue weighted by molar-refractivity contribution is -0.142. The number of carbonyl (C=O) groups excluding carboxylic acids is 2. The fourth-order valence-electron chi connectivity index (χ4n) is 3.83. The van der Waals surface area contributed by atoms with Gasteiger partial charge in [0.1, 0.15) is 6.04 Å². The Kier molecular flexibility index (Phi) is 10.9. The molecule has 35 heavy (non-hydrogen) atoms. The van der Waals surface area contributed by atoms with Crippen molar-refractivity contribution in [2.24, 2.45) is 0 Å². The topological polar surface area (TPSA) is 67.9 Å². The van der Waals surface area contributed by atoms with E-state index < -0.39 is 11.6 Å². The monoisotopic (exact) mass is 502 g/mol. The number of hydrogen-bond acceptors (Lipinski definition) is 4. The van der Waals surface area contributed by atoms with Gasteiger partial charge in [-0.25, -0.2) is 0 Å².